The van der Waals surface area contributed by atoms with Crippen LogP contribution in [0.5, 0.6) is 11.5 Å². The number of hydrogen-bond acceptors (Lipinski definition) is 5. The molecule has 0 saturated carbocycles. The van der Waals surface area contributed by atoms with Gasteiger partial charge < -0.3 is 24.5 Å². The van der Waals surface area contributed by atoms with Crippen LogP contribution in [0.25, 0.3) is 10.9 Å². The molecule has 1 atom stereocenters. The molecule has 1 aromatic heterocycles. The van der Waals surface area contributed by atoms with Crippen LogP contribution in [-0.4, -0.2) is 37.2 Å². The van der Waals surface area contributed by atoms with Gasteiger partial charge in [0.15, 0.2) is 6.10 Å². The van der Waals surface area contributed by atoms with E-state index in [1.54, 1.807) is 24.3 Å². The Labute approximate surface area is 156 Å². The summed E-state index contributed by atoms with van der Waals surface area (Å²) < 4.78 is 15.7. The molecule has 0 aliphatic rings. The van der Waals surface area contributed by atoms with Crippen LogP contribution in [0.2, 0.25) is 0 Å². The average Bonchev–Trinajstić information content (AvgIpc) is 3.12. The quantitative estimate of drug-likeness (QED) is 0.651. The number of aromatic amines is 1. The van der Waals surface area contributed by atoms with Gasteiger partial charge in [0.25, 0.3) is 5.91 Å². The third kappa shape index (κ3) is 4.03. The first-order chi connectivity index (χ1) is 13.0. The highest BCUT2D eigenvalue weighted by atomic mass is 16.5. The van der Waals surface area contributed by atoms with Crippen LogP contribution in [0.1, 0.15) is 17.4 Å². The van der Waals surface area contributed by atoms with Crippen molar-refractivity contribution in [3.63, 3.8) is 0 Å². The van der Waals surface area contributed by atoms with Crippen molar-refractivity contribution < 1.29 is 23.8 Å². The van der Waals surface area contributed by atoms with Crippen LogP contribution in [-0.2, 0) is 9.53 Å². The molecule has 7 nitrogen and oxygen atoms in total. The fraction of sp³-hybridized carbons (Fsp3) is 0.200. The number of carbonyl (C=O) groups excluding carboxylic acids is 2. The highest BCUT2D eigenvalue weighted by Gasteiger charge is 2.21. The predicted molar refractivity (Wildman–Crippen MR) is 101 cm³/mol. The largest absolute Gasteiger partial charge is 0.497 e. The summed E-state index contributed by atoms with van der Waals surface area (Å²) in [6.45, 7) is 1.50. The van der Waals surface area contributed by atoms with Crippen molar-refractivity contribution in [1.29, 1.82) is 0 Å². The molecule has 2 aromatic carbocycles. The van der Waals surface area contributed by atoms with Crippen molar-refractivity contribution in [2.45, 2.75) is 13.0 Å². The Balaban J connectivity index is 1.69. The normalized spacial score (nSPS) is 11.7. The van der Waals surface area contributed by atoms with E-state index >= 15 is 0 Å². The Kier molecular flexibility index (Phi) is 5.30. The average molecular weight is 368 g/mol. The molecule has 27 heavy (non-hydrogen) atoms. The fourth-order valence-electron chi connectivity index (χ4n) is 2.61. The second-order valence-corrected chi connectivity index (χ2v) is 5.87. The molecule has 0 saturated heterocycles. The summed E-state index contributed by atoms with van der Waals surface area (Å²) in [5, 5.41) is 3.58. The zero-order valence-electron chi connectivity index (χ0n) is 15.2. The summed E-state index contributed by atoms with van der Waals surface area (Å²) in [4.78, 5) is 27.7. The maximum Gasteiger partial charge on any atom is 0.355 e. The zero-order chi connectivity index (χ0) is 19.4. The summed E-state index contributed by atoms with van der Waals surface area (Å²) in [5.74, 6) is -0.0513. The molecule has 0 bridgehead atoms. The number of ether oxygens (including phenoxy) is 3. The van der Waals surface area contributed by atoms with Crippen molar-refractivity contribution in [3.05, 3.63) is 54.2 Å². The third-order valence-corrected chi connectivity index (χ3v) is 4.07. The lowest BCUT2D eigenvalue weighted by Crippen LogP contribution is -2.30. The molecule has 1 amide bonds. The Hall–Kier alpha value is -3.48. The second-order valence-electron chi connectivity index (χ2n) is 5.87. The number of esters is 1. The van der Waals surface area contributed by atoms with Crippen LogP contribution < -0.4 is 14.8 Å². The number of H-pyrrole nitrogens is 1. The molecular weight excluding hydrogens is 348 g/mol. The first kappa shape index (κ1) is 18.3. The molecule has 2 N–H and O–H groups in total. The first-order valence-corrected chi connectivity index (χ1v) is 8.33. The van der Waals surface area contributed by atoms with Gasteiger partial charge in [-0.25, -0.2) is 4.79 Å². The maximum absolute atomic E-state index is 12.4. The number of para-hydroxylation sites is 1. The number of anilines is 1. The van der Waals surface area contributed by atoms with Gasteiger partial charge in [-0.05, 0) is 31.2 Å². The Bertz CT molecular complexity index is 946. The molecule has 7 heteroatoms. The van der Waals surface area contributed by atoms with Gasteiger partial charge in [-0.1, -0.05) is 18.2 Å². The van der Waals surface area contributed by atoms with Crippen molar-refractivity contribution in [1.82, 2.24) is 4.98 Å². The molecule has 3 rings (SSSR count). The van der Waals surface area contributed by atoms with E-state index in [0.29, 0.717) is 17.2 Å². The van der Waals surface area contributed by atoms with Gasteiger partial charge in [-0.3, -0.25) is 4.79 Å². The number of carbonyl (C=O) groups is 2. The zero-order valence-corrected chi connectivity index (χ0v) is 15.2. The standard InChI is InChI=1S/C20H20N2O5/c1-12(19(23)22-16-11-14(25-2)8-9-18(16)26-3)27-20(24)17-10-13-6-4-5-7-15(13)21-17/h4-12,21H,1-3H3,(H,22,23). The topological polar surface area (TPSA) is 89.7 Å². The SMILES string of the molecule is COc1ccc(OC)c(NC(=O)C(C)OC(=O)c2cc3ccccc3[nH]2)c1. The van der Waals surface area contributed by atoms with E-state index in [1.165, 1.54) is 21.1 Å². The number of fused-ring (bicyclic) bond motifs is 1. The monoisotopic (exact) mass is 368 g/mol. The van der Waals surface area contributed by atoms with E-state index in [0.717, 1.165) is 10.9 Å². The Morgan fingerprint density at radius 3 is 2.52 bits per heavy atom. The predicted octanol–water partition coefficient (Wildman–Crippen LogP) is 3.37. The lowest BCUT2D eigenvalue weighted by Gasteiger charge is -2.15. The molecule has 1 unspecified atom stereocenters. The number of methoxy groups -OCH3 is 2. The van der Waals surface area contributed by atoms with Crippen LogP contribution >= 0.6 is 0 Å². The number of aromatic nitrogens is 1. The van der Waals surface area contributed by atoms with Crippen LogP contribution in [0.3, 0.4) is 0 Å². The highest BCUT2D eigenvalue weighted by Crippen LogP contribution is 2.29. The Morgan fingerprint density at radius 2 is 1.81 bits per heavy atom. The lowest BCUT2D eigenvalue weighted by molar-refractivity contribution is -0.123. The number of nitrogens with one attached hydrogen (secondary N) is 2. The van der Waals surface area contributed by atoms with Crippen molar-refractivity contribution >= 4 is 28.5 Å². The summed E-state index contributed by atoms with van der Waals surface area (Å²) >= 11 is 0. The van der Waals surface area contributed by atoms with Gasteiger partial charge in [0, 0.05) is 17.0 Å². The Morgan fingerprint density at radius 1 is 1.04 bits per heavy atom. The number of hydrogen-bond donors (Lipinski definition) is 2. The van der Waals surface area contributed by atoms with E-state index < -0.39 is 18.0 Å². The summed E-state index contributed by atoms with van der Waals surface area (Å²) in [7, 11) is 3.02. The smallest absolute Gasteiger partial charge is 0.355 e. The van der Waals surface area contributed by atoms with E-state index in [2.05, 4.69) is 10.3 Å². The maximum atomic E-state index is 12.4. The molecule has 1 heterocycles. The number of amides is 1. The molecule has 0 aliphatic heterocycles. The number of benzene rings is 2. The van der Waals surface area contributed by atoms with E-state index in [-0.39, 0.29) is 5.69 Å². The van der Waals surface area contributed by atoms with Crippen LogP contribution in [0, 0.1) is 0 Å². The lowest BCUT2D eigenvalue weighted by atomic mass is 10.2. The van der Waals surface area contributed by atoms with Crippen LogP contribution in [0.15, 0.2) is 48.5 Å². The van der Waals surface area contributed by atoms with Gasteiger partial charge in [-0.2, -0.15) is 0 Å². The van der Waals surface area contributed by atoms with Crippen molar-refractivity contribution in [2.75, 3.05) is 19.5 Å². The van der Waals surface area contributed by atoms with Gasteiger partial charge in [-0.15, -0.1) is 0 Å². The highest BCUT2D eigenvalue weighted by molar-refractivity contribution is 5.99. The molecule has 0 radical (unpaired) electrons. The summed E-state index contributed by atoms with van der Waals surface area (Å²) in [6.07, 6.45) is -1.00. The van der Waals surface area contributed by atoms with E-state index in [9.17, 15) is 9.59 Å². The number of rotatable bonds is 6. The van der Waals surface area contributed by atoms with Gasteiger partial charge in [0.2, 0.25) is 0 Å². The minimum absolute atomic E-state index is 0.287. The molecule has 3 aromatic rings. The summed E-state index contributed by atoms with van der Waals surface area (Å²) in [5.41, 5.74) is 1.54. The molecule has 0 spiro atoms. The third-order valence-electron chi connectivity index (χ3n) is 4.07. The molecule has 140 valence electrons. The minimum Gasteiger partial charge on any atom is -0.497 e. The fourth-order valence-corrected chi connectivity index (χ4v) is 2.61. The van der Waals surface area contributed by atoms with Gasteiger partial charge >= 0.3 is 5.97 Å². The van der Waals surface area contributed by atoms with Gasteiger partial charge in [0.05, 0.1) is 19.9 Å². The van der Waals surface area contributed by atoms with Crippen LogP contribution in [0.4, 0.5) is 5.69 Å². The molecular formula is C20H20N2O5. The van der Waals surface area contributed by atoms with Crippen molar-refractivity contribution in [2.24, 2.45) is 0 Å². The van der Waals surface area contributed by atoms with E-state index in [1.807, 2.05) is 24.3 Å². The van der Waals surface area contributed by atoms with E-state index in [4.69, 9.17) is 14.2 Å². The molecule has 0 fully saturated rings. The molecule has 0 aliphatic carbocycles. The van der Waals surface area contributed by atoms with Crippen molar-refractivity contribution in [3.8, 4) is 11.5 Å². The second kappa shape index (κ2) is 7.82. The first-order valence-electron chi connectivity index (χ1n) is 8.33. The minimum atomic E-state index is -1.00. The summed E-state index contributed by atoms with van der Waals surface area (Å²) in [6, 6.07) is 14.2. The van der Waals surface area contributed by atoms with Gasteiger partial charge in [0.1, 0.15) is 17.2 Å².